The fraction of sp³-hybridized carbons (Fsp3) is 0.643. The molecule has 0 aromatic carbocycles. The molecule has 0 aliphatic carbocycles. The zero-order valence-corrected chi connectivity index (χ0v) is 13.1. The molecule has 0 saturated carbocycles. The third-order valence-corrected chi connectivity index (χ3v) is 2.84. The van der Waals surface area contributed by atoms with Crippen molar-refractivity contribution in [1.29, 1.82) is 0 Å². The van der Waals surface area contributed by atoms with E-state index in [1.54, 1.807) is 6.07 Å². The summed E-state index contributed by atoms with van der Waals surface area (Å²) in [5.74, 6) is 1.48. The van der Waals surface area contributed by atoms with Crippen molar-refractivity contribution in [2.24, 2.45) is 11.7 Å². The van der Waals surface area contributed by atoms with Gasteiger partial charge in [-0.25, -0.2) is 9.97 Å². The molecule has 1 unspecified atom stereocenters. The maximum Gasteiger partial charge on any atom is 0.240 e. The molecule has 0 bridgehead atoms. The van der Waals surface area contributed by atoms with Crippen molar-refractivity contribution in [3.63, 3.8) is 0 Å². The summed E-state index contributed by atoms with van der Waals surface area (Å²) in [6.07, 6.45) is 0. The highest BCUT2D eigenvalue weighted by atomic mass is 16.5. The number of rotatable bonds is 9. The first kappa shape index (κ1) is 17.2. The van der Waals surface area contributed by atoms with Crippen molar-refractivity contribution < 1.29 is 9.53 Å². The van der Waals surface area contributed by atoms with E-state index in [0.717, 1.165) is 6.54 Å². The van der Waals surface area contributed by atoms with Crippen LogP contribution in [0.15, 0.2) is 6.07 Å². The highest BCUT2D eigenvalue weighted by Crippen LogP contribution is 2.15. The Hall–Kier alpha value is -1.89. The van der Waals surface area contributed by atoms with Crippen molar-refractivity contribution >= 4 is 17.5 Å². The van der Waals surface area contributed by atoms with E-state index in [-0.39, 0.29) is 5.92 Å². The lowest BCUT2D eigenvalue weighted by Gasteiger charge is -2.20. The molecule has 1 aromatic rings. The van der Waals surface area contributed by atoms with Gasteiger partial charge in [-0.3, -0.25) is 4.79 Å². The molecule has 118 valence electrons. The molecular formula is C14H25N5O2. The van der Waals surface area contributed by atoms with Crippen LogP contribution in [0.5, 0.6) is 0 Å². The van der Waals surface area contributed by atoms with E-state index >= 15 is 0 Å². The summed E-state index contributed by atoms with van der Waals surface area (Å²) in [5, 5.41) is 6.21. The number of hydrogen-bond acceptors (Lipinski definition) is 6. The topological polar surface area (TPSA) is 102 Å². The summed E-state index contributed by atoms with van der Waals surface area (Å²) < 4.78 is 5.34. The Bertz CT molecular complexity index is 465. The van der Waals surface area contributed by atoms with E-state index in [9.17, 15) is 4.79 Å². The highest BCUT2D eigenvalue weighted by molar-refractivity contribution is 5.83. The summed E-state index contributed by atoms with van der Waals surface area (Å²) in [5.41, 5.74) is 5.42. The molecule has 0 radical (unpaired) electrons. The number of ether oxygens (including phenoxy) is 1. The molecule has 1 heterocycles. The fourth-order valence-electron chi connectivity index (χ4n) is 1.83. The zero-order chi connectivity index (χ0) is 15.8. The van der Waals surface area contributed by atoms with Gasteiger partial charge in [-0.05, 0) is 19.8 Å². The summed E-state index contributed by atoms with van der Waals surface area (Å²) in [6.45, 7) is 9.41. The Balaban J connectivity index is 2.97. The molecule has 21 heavy (non-hydrogen) atoms. The zero-order valence-electron chi connectivity index (χ0n) is 13.1. The summed E-state index contributed by atoms with van der Waals surface area (Å²) in [6, 6.07) is 1.28. The largest absolute Gasteiger partial charge is 0.374 e. The lowest BCUT2D eigenvalue weighted by molar-refractivity contribution is -0.119. The van der Waals surface area contributed by atoms with Crippen LogP contribution in [0.25, 0.3) is 0 Å². The standard InChI is InChI=1S/C14H25N5O2/c1-5-16-10-7-11(18-12(17-10)8-21-6-2)19-13(9(3)4)14(15)20/h7,9,13H,5-6,8H2,1-4H3,(H2,15,20)(H2,16,17,18,19). The van der Waals surface area contributed by atoms with Crippen molar-refractivity contribution in [3.05, 3.63) is 11.9 Å². The number of primary amides is 1. The minimum atomic E-state index is -0.477. The Morgan fingerprint density at radius 3 is 2.52 bits per heavy atom. The Kier molecular flexibility index (Phi) is 6.87. The minimum absolute atomic E-state index is 0.0652. The molecule has 0 fully saturated rings. The van der Waals surface area contributed by atoms with Crippen LogP contribution < -0.4 is 16.4 Å². The number of carbonyl (C=O) groups excluding carboxylic acids is 1. The van der Waals surface area contributed by atoms with Crippen LogP contribution in [0.4, 0.5) is 11.6 Å². The lowest BCUT2D eigenvalue weighted by Crippen LogP contribution is -2.39. The number of amides is 1. The monoisotopic (exact) mass is 295 g/mol. The molecule has 0 spiro atoms. The average molecular weight is 295 g/mol. The predicted octanol–water partition coefficient (Wildman–Crippen LogP) is 1.37. The smallest absolute Gasteiger partial charge is 0.240 e. The third-order valence-electron chi connectivity index (χ3n) is 2.84. The predicted molar refractivity (Wildman–Crippen MR) is 83.0 cm³/mol. The molecule has 1 aromatic heterocycles. The number of aromatic nitrogens is 2. The van der Waals surface area contributed by atoms with Gasteiger partial charge in [-0.1, -0.05) is 13.8 Å². The lowest BCUT2D eigenvalue weighted by atomic mass is 10.0. The van der Waals surface area contributed by atoms with E-state index < -0.39 is 11.9 Å². The van der Waals surface area contributed by atoms with Gasteiger partial charge in [0, 0.05) is 19.2 Å². The minimum Gasteiger partial charge on any atom is -0.374 e. The summed E-state index contributed by atoms with van der Waals surface area (Å²) >= 11 is 0. The molecule has 7 heteroatoms. The second kappa shape index (κ2) is 8.41. The maximum atomic E-state index is 11.5. The number of nitrogens with one attached hydrogen (secondary N) is 2. The van der Waals surface area contributed by atoms with Crippen molar-refractivity contribution in [3.8, 4) is 0 Å². The first-order chi connectivity index (χ1) is 9.97. The number of carbonyl (C=O) groups is 1. The Labute approximate surface area is 125 Å². The molecular weight excluding hydrogens is 270 g/mol. The third kappa shape index (κ3) is 5.55. The summed E-state index contributed by atoms with van der Waals surface area (Å²) in [7, 11) is 0. The molecule has 1 atom stereocenters. The number of anilines is 2. The van der Waals surface area contributed by atoms with Crippen LogP contribution in [-0.4, -0.2) is 35.1 Å². The van der Waals surface area contributed by atoms with Crippen LogP contribution in [0.2, 0.25) is 0 Å². The van der Waals surface area contributed by atoms with Gasteiger partial charge in [-0.15, -0.1) is 0 Å². The van der Waals surface area contributed by atoms with Gasteiger partial charge < -0.3 is 21.1 Å². The molecule has 7 nitrogen and oxygen atoms in total. The van der Waals surface area contributed by atoms with Gasteiger partial charge in [0.05, 0.1) is 0 Å². The first-order valence-corrected chi connectivity index (χ1v) is 7.23. The van der Waals surface area contributed by atoms with Gasteiger partial charge in [-0.2, -0.15) is 0 Å². The van der Waals surface area contributed by atoms with E-state index in [2.05, 4.69) is 20.6 Å². The molecule has 1 rings (SSSR count). The van der Waals surface area contributed by atoms with Crippen molar-refractivity contribution in [1.82, 2.24) is 9.97 Å². The highest BCUT2D eigenvalue weighted by Gasteiger charge is 2.20. The second-order valence-corrected chi connectivity index (χ2v) is 4.99. The van der Waals surface area contributed by atoms with Crippen LogP contribution in [0, 0.1) is 5.92 Å². The summed E-state index contributed by atoms with van der Waals surface area (Å²) in [4.78, 5) is 20.2. The molecule has 0 aliphatic heterocycles. The van der Waals surface area contributed by atoms with Crippen LogP contribution in [-0.2, 0) is 16.1 Å². The quantitative estimate of drug-likeness (QED) is 0.636. The molecule has 0 saturated heterocycles. The van der Waals surface area contributed by atoms with E-state index in [4.69, 9.17) is 10.5 Å². The molecule has 0 aliphatic rings. The van der Waals surface area contributed by atoms with Gasteiger partial charge in [0.15, 0.2) is 5.82 Å². The Morgan fingerprint density at radius 1 is 1.33 bits per heavy atom. The second-order valence-electron chi connectivity index (χ2n) is 4.99. The van der Waals surface area contributed by atoms with Gasteiger partial charge >= 0.3 is 0 Å². The van der Waals surface area contributed by atoms with Crippen LogP contribution in [0.1, 0.15) is 33.5 Å². The van der Waals surface area contributed by atoms with Gasteiger partial charge in [0.2, 0.25) is 5.91 Å². The maximum absolute atomic E-state index is 11.5. The Morgan fingerprint density at radius 2 is 2.00 bits per heavy atom. The molecule has 4 N–H and O–H groups in total. The van der Waals surface area contributed by atoms with Gasteiger partial charge in [0.1, 0.15) is 24.3 Å². The van der Waals surface area contributed by atoms with Gasteiger partial charge in [0.25, 0.3) is 0 Å². The van der Waals surface area contributed by atoms with E-state index in [0.29, 0.717) is 30.7 Å². The average Bonchev–Trinajstić information content (AvgIpc) is 2.42. The van der Waals surface area contributed by atoms with E-state index in [1.165, 1.54) is 0 Å². The normalized spacial score (nSPS) is 12.2. The van der Waals surface area contributed by atoms with Crippen molar-refractivity contribution in [2.45, 2.75) is 40.3 Å². The van der Waals surface area contributed by atoms with Crippen LogP contribution in [0.3, 0.4) is 0 Å². The molecule has 1 amide bonds. The van der Waals surface area contributed by atoms with E-state index in [1.807, 2.05) is 27.7 Å². The number of nitrogens with two attached hydrogens (primary N) is 1. The number of nitrogens with zero attached hydrogens (tertiary/aromatic N) is 2. The number of hydrogen-bond donors (Lipinski definition) is 3. The first-order valence-electron chi connectivity index (χ1n) is 7.23. The SMILES string of the molecule is CCNc1cc(NC(C(N)=O)C(C)C)nc(COCC)n1. The van der Waals surface area contributed by atoms with Crippen molar-refractivity contribution in [2.75, 3.05) is 23.8 Å². The fourth-order valence-corrected chi connectivity index (χ4v) is 1.83. The van der Waals surface area contributed by atoms with Crippen LogP contribution >= 0.6 is 0 Å².